The summed E-state index contributed by atoms with van der Waals surface area (Å²) in [6.07, 6.45) is 12.6. The van der Waals surface area contributed by atoms with Crippen LogP contribution in [0.15, 0.2) is 9.98 Å². The van der Waals surface area contributed by atoms with Crippen LogP contribution < -0.4 is 0 Å². The van der Waals surface area contributed by atoms with Gasteiger partial charge in [0.15, 0.2) is 0 Å². The second-order valence-electron chi connectivity index (χ2n) is 5.01. The molecule has 0 spiro atoms. The van der Waals surface area contributed by atoms with Crippen molar-refractivity contribution in [3.63, 3.8) is 0 Å². The van der Waals surface area contributed by atoms with Gasteiger partial charge in [0.05, 0.1) is 0 Å². The van der Waals surface area contributed by atoms with Gasteiger partial charge in [0.25, 0.3) is 0 Å². The molecule has 0 heterocycles. The number of aliphatic imine (C=N–C) groups is 2. The molecule has 1 aliphatic rings. The van der Waals surface area contributed by atoms with Crippen LogP contribution in [0.4, 0.5) is 0 Å². The Bertz CT molecular complexity index is 248. The summed E-state index contributed by atoms with van der Waals surface area (Å²) in [4.78, 5) is 10.6. The van der Waals surface area contributed by atoms with Crippen LogP contribution in [0.1, 0.15) is 58.3 Å². The van der Waals surface area contributed by atoms with E-state index in [4.69, 9.17) is 0 Å². The molecule has 17 heavy (non-hydrogen) atoms. The summed E-state index contributed by atoms with van der Waals surface area (Å²) in [6, 6.07) is 0.669. The van der Waals surface area contributed by atoms with Crippen LogP contribution in [0.5, 0.6) is 0 Å². The highest BCUT2D eigenvalue weighted by molar-refractivity contribution is 5.86. The van der Waals surface area contributed by atoms with Gasteiger partial charge in [-0.3, -0.25) is 4.99 Å². The fourth-order valence-corrected chi connectivity index (χ4v) is 2.50. The van der Waals surface area contributed by atoms with E-state index in [1.165, 1.54) is 51.4 Å². The molecule has 3 nitrogen and oxygen atoms in total. The standard InChI is InChI=1S/C14H27N3/c1-13(16-12-15-2)17(3)14-10-8-6-4-5-7-9-11-14/h12,14H,4-11H2,1-3H3. The highest BCUT2D eigenvalue weighted by Crippen LogP contribution is 2.20. The molecule has 1 aliphatic carbocycles. The number of hydrogen-bond donors (Lipinski definition) is 0. The van der Waals surface area contributed by atoms with E-state index < -0.39 is 0 Å². The lowest BCUT2D eigenvalue weighted by Crippen LogP contribution is -2.35. The second-order valence-corrected chi connectivity index (χ2v) is 5.01. The van der Waals surface area contributed by atoms with E-state index in [1.54, 1.807) is 13.4 Å². The lowest BCUT2D eigenvalue weighted by Gasteiger charge is -2.29. The van der Waals surface area contributed by atoms with Crippen LogP contribution in [0.25, 0.3) is 0 Å². The molecule has 0 aromatic carbocycles. The highest BCUT2D eigenvalue weighted by atomic mass is 15.2. The maximum atomic E-state index is 4.35. The molecule has 0 unspecified atom stereocenters. The predicted octanol–water partition coefficient (Wildman–Crippen LogP) is 3.50. The van der Waals surface area contributed by atoms with Crippen LogP contribution in [0, 0.1) is 0 Å². The second kappa shape index (κ2) is 8.26. The molecule has 0 aromatic rings. The van der Waals surface area contributed by atoms with Gasteiger partial charge in [-0.15, -0.1) is 0 Å². The molecule has 1 fully saturated rings. The zero-order valence-electron chi connectivity index (χ0n) is 11.7. The molecule has 1 rings (SSSR count). The summed E-state index contributed by atoms with van der Waals surface area (Å²) < 4.78 is 0. The Hall–Kier alpha value is -0.860. The average Bonchev–Trinajstić information content (AvgIpc) is 2.48. The number of nitrogens with zero attached hydrogens (tertiary/aromatic N) is 3. The molecule has 0 atom stereocenters. The van der Waals surface area contributed by atoms with Crippen molar-refractivity contribution in [1.29, 1.82) is 0 Å². The molecule has 0 aromatic heterocycles. The van der Waals surface area contributed by atoms with Gasteiger partial charge >= 0.3 is 0 Å². The van der Waals surface area contributed by atoms with Gasteiger partial charge in [-0.05, 0) is 19.8 Å². The molecule has 98 valence electrons. The Labute approximate surface area is 106 Å². The molecular formula is C14H27N3. The zero-order chi connectivity index (χ0) is 12.5. The van der Waals surface area contributed by atoms with Crippen LogP contribution in [0.2, 0.25) is 0 Å². The monoisotopic (exact) mass is 237 g/mol. The first-order chi connectivity index (χ1) is 8.25. The minimum atomic E-state index is 0.669. The Morgan fingerprint density at radius 1 is 1.06 bits per heavy atom. The first-order valence-electron chi connectivity index (χ1n) is 6.93. The van der Waals surface area contributed by atoms with Gasteiger partial charge in [0, 0.05) is 20.1 Å². The highest BCUT2D eigenvalue weighted by Gasteiger charge is 2.16. The third kappa shape index (κ3) is 5.33. The Balaban J connectivity index is 2.54. The molecule has 1 saturated carbocycles. The van der Waals surface area contributed by atoms with Crippen LogP contribution in [0.3, 0.4) is 0 Å². The Morgan fingerprint density at radius 3 is 2.12 bits per heavy atom. The normalized spacial score (nSPS) is 21.0. The van der Waals surface area contributed by atoms with Crippen LogP contribution in [-0.4, -0.2) is 37.2 Å². The van der Waals surface area contributed by atoms with E-state index in [1.807, 2.05) is 0 Å². The third-order valence-electron chi connectivity index (χ3n) is 3.74. The molecule has 0 amide bonds. The molecule has 3 heteroatoms. The van der Waals surface area contributed by atoms with E-state index in [0.717, 1.165) is 5.84 Å². The molecule has 0 radical (unpaired) electrons. The van der Waals surface area contributed by atoms with E-state index in [0.29, 0.717) is 6.04 Å². The van der Waals surface area contributed by atoms with Crippen molar-refractivity contribution in [3.8, 4) is 0 Å². The third-order valence-corrected chi connectivity index (χ3v) is 3.74. The van der Waals surface area contributed by atoms with Gasteiger partial charge in [-0.2, -0.15) is 0 Å². The van der Waals surface area contributed by atoms with Crippen molar-refractivity contribution in [3.05, 3.63) is 0 Å². The SMILES string of the molecule is CN=CN=C(C)N(C)C1CCCCCCCC1. The number of rotatable bonds is 2. The van der Waals surface area contributed by atoms with Crippen molar-refractivity contribution >= 4 is 12.2 Å². The summed E-state index contributed by atoms with van der Waals surface area (Å²) >= 11 is 0. The van der Waals surface area contributed by atoms with Gasteiger partial charge < -0.3 is 4.90 Å². The topological polar surface area (TPSA) is 28.0 Å². The van der Waals surface area contributed by atoms with Crippen LogP contribution >= 0.6 is 0 Å². The first-order valence-corrected chi connectivity index (χ1v) is 6.93. The molecule has 0 N–H and O–H groups in total. The van der Waals surface area contributed by atoms with Crippen molar-refractivity contribution in [2.75, 3.05) is 14.1 Å². The average molecular weight is 237 g/mol. The summed E-state index contributed by atoms with van der Waals surface area (Å²) in [5, 5.41) is 0. The minimum absolute atomic E-state index is 0.669. The lowest BCUT2D eigenvalue weighted by atomic mass is 10.0. The van der Waals surface area contributed by atoms with Crippen molar-refractivity contribution < 1.29 is 0 Å². The van der Waals surface area contributed by atoms with Crippen molar-refractivity contribution in [2.24, 2.45) is 9.98 Å². The quantitative estimate of drug-likeness (QED) is 0.533. The van der Waals surface area contributed by atoms with E-state index in [9.17, 15) is 0 Å². The number of amidine groups is 1. The Kier molecular flexibility index (Phi) is 6.90. The predicted molar refractivity (Wildman–Crippen MR) is 76.0 cm³/mol. The van der Waals surface area contributed by atoms with Crippen LogP contribution in [-0.2, 0) is 0 Å². The maximum Gasteiger partial charge on any atom is 0.111 e. The minimum Gasteiger partial charge on any atom is -0.360 e. The Morgan fingerprint density at radius 2 is 1.59 bits per heavy atom. The lowest BCUT2D eigenvalue weighted by molar-refractivity contribution is 0.314. The molecule has 0 bridgehead atoms. The zero-order valence-corrected chi connectivity index (χ0v) is 11.7. The summed E-state index contributed by atoms with van der Waals surface area (Å²) in [5.41, 5.74) is 0. The van der Waals surface area contributed by atoms with Crippen molar-refractivity contribution in [1.82, 2.24) is 4.90 Å². The molecular weight excluding hydrogens is 210 g/mol. The van der Waals surface area contributed by atoms with Gasteiger partial charge in [-0.25, -0.2) is 4.99 Å². The summed E-state index contributed by atoms with van der Waals surface area (Å²) in [6.45, 7) is 2.08. The number of hydrogen-bond acceptors (Lipinski definition) is 1. The maximum absolute atomic E-state index is 4.35. The van der Waals surface area contributed by atoms with E-state index in [-0.39, 0.29) is 0 Å². The fraction of sp³-hybridized carbons (Fsp3) is 0.857. The van der Waals surface area contributed by atoms with E-state index >= 15 is 0 Å². The fourth-order valence-electron chi connectivity index (χ4n) is 2.50. The van der Waals surface area contributed by atoms with Gasteiger partial charge in [0.1, 0.15) is 12.2 Å². The van der Waals surface area contributed by atoms with Gasteiger partial charge in [-0.1, -0.05) is 38.5 Å². The van der Waals surface area contributed by atoms with Crippen molar-refractivity contribution in [2.45, 2.75) is 64.3 Å². The van der Waals surface area contributed by atoms with E-state index in [2.05, 4.69) is 28.9 Å². The molecule has 0 aliphatic heterocycles. The summed E-state index contributed by atoms with van der Waals surface area (Å²) in [5.74, 6) is 1.08. The summed E-state index contributed by atoms with van der Waals surface area (Å²) in [7, 11) is 3.93. The molecule has 0 saturated heterocycles. The largest absolute Gasteiger partial charge is 0.360 e. The first kappa shape index (κ1) is 14.2. The van der Waals surface area contributed by atoms with Gasteiger partial charge in [0.2, 0.25) is 0 Å². The smallest absolute Gasteiger partial charge is 0.111 e.